The molecule has 5 nitrogen and oxygen atoms in total. The topological polar surface area (TPSA) is 55.8 Å². The molecule has 0 aromatic carbocycles. The van der Waals surface area contributed by atoms with Crippen LogP contribution in [0.3, 0.4) is 0 Å². The highest BCUT2D eigenvalue weighted by molar-refractivity contribution is 5.74. The fourth-order valence-electron chi connectivity index (χ4n) is 2.61. The van der Waals surface area contributed by atoms with Gasteiger partial charge < -0.3 is 20.2 Å². The lowest BCUT2D eigenvalue weighted by Gasteiger charge is -2.36. The van der Waals surface area contributed by atoms with Gasteiger partial charge in [-0.25, -0.2) is 4.79 Å². The minimum absolute atomic E-state index is 0.0599. The van der Waals surface area contributed by atoms with Crippen molar-refractivity contribution in [1.82, 2.24) is 15.1 Å². The van der Waals surface area contributed by atoms with Gasteiger partial charge in [0, 0.05) is 33.2 Å². The van der Waals surface area contributed by atoms with Crippen LogP contribution in [-0.4, -0.2) is 66.3 Å². The van der Waals surface area contributed by atoms with Crippen molar-refractivity contribution in [3.63, 3.8) is 0 Å². The number of nitrogens with zero attached hydrogens (tertiary/aromatic N) is 2. The molecule has 2 amide bonds. The SMILES string of the molecule is CC1CCN(C(=O)N(C)[C@@H]2CNC[C@H]2O)CC1. The molecule has 0 aromatic rings. The molecular formula is C12H23N3O2. The number of carbonyl (C=O) groups excluding carboxylic acids is 1. The van der Waals surface area contributed by atoms with Crippen LogP contribution in [0.4, 0.5) is 4.79 Å². The fraction of sp³-hybridized carbons (Fsp3) is 0.917. The van der Waals surface area contributed by atoms with Gasteiger partial charge in [0.15, 0.2) is 0 Å². The number of aliphatic hydroxyl groups is 1. The van der Waals surface area contributed by atoms with Crippen LogP contribution in [0, 0.1) is 5.92 Å². The van der Waals surface area contributed by atoms with Gasteiger partial charge in [0.05, 0.1) is 12.1 Å². The van der Waals surface area contributed by atoms with Crippen molar-refractivity contribution in [1.29, 1.82) is 0 Å². The third kappa shape index (κ3) is 2.72. The average Bonchev–Trinajstić information content (AvgIpc) is 2.74. The van der Waals surface area contributed by atoms with Crippen molar-refractivity contribution in [3.05, 3.63) is 0 Å². The van der Waals surface area contributed by atoms with Crippen LogP contribution >= 0.6 is 0 Å². The second kappa shape index (κ2) is 5.23. The molecule has 2 aliphatic heterocycles. The maximum absolute atomic E-state index is 12.3. The van der Waals surface area contributed by atoms with Gasteiger partial charge in [-0.1, -0.05) is 6.92 Å². The minimum Gasteiger partial charge on any atom is -0.390 e. The Morgan fingerprint density at radius 1 is 1.35 bits per heavy atom. The number of aliphatic hydroxyl groups excluding tert-OH is 1. The number of likely N-dealkylation sites (N-methyl/N-ethyl adjacent to an activating group) is 1. The van der Waals surface area contributed by atoms with Crippen molar-refractivity contribution < 1.29 is 9.90 Å². The number of hydrogen-bond acceptors (Lipinski definition) is 3. The Morgan fingerprint density at radius 3 is 2.53 bits per heavy atom. The summed E-state index contributed by atoms with van der Waals surface area (Å²) in [6, 6.07) is -0.0218. The van der Waals surface area contributed by atoms with Gasteiger partial charge >= 0.3 is 6.03 Å². The number of β-amino-alcohol motifs (C(OH)–C–C–N with tert-alkyl or cyclic N) is 1. The number of rotatable bonds is 1. The summed E-state index contributed by atoms with van der Waals surface area (Å²) in [5.41, 5.74) is 0. The van der Waals surface area contributed by atoms with Crippen LogP contribution < -0.4 is 5.32 Å². The third-order valence-electron chi connectivity index (χ3n) is 4.00. The van der Waals surface area contributed by atoms with E-state index in [9.17, 15) is 9.90 Å². The highest BCUT2D eigenvalue weighted by Crippen LogP contribution is 2.18. The van der Waals surface area contributed by atoms with E-state index in [-0.39, 0.29) is 12.1 Å². The molecule has 0 aromatic heterocycles. The second-order valence-electron chi connectivity index (χ2n) is 5.36. The Labute approximate surface area is 103 Å². The summed E-state index contributed by atoms with van der Waals surface area (Å²) in [6.45, 7) is 5.20. The van der Waals surface area contributed by atoms with Gasteiger partial charge in [-0.2, -0.15) is 0 Å². The van der Waals surface area contributed by atoms with Crippen molar-refractivity contribution in [2.24, 2.45) is 5.92 Å². The van der Waals surface area contributed by atoms with Crippen molar-refractivity contribution in [2.75, 3.05) is 33.2 Å². The predicted molar refractivity (Wildman–Crippen MR) is 65.8 cm³/mol. The second-order valence-corrected chi connectivity index (χ2v) is 5.36. The van der Waals surface area contributed by atoms with E-state index in [1.807, 2.05) is 4.90 Å². The first kappa shape index (κ1) is 12.6. The molecule has 2 N–H and O–H groups in total. The number of nitrogens with one attached hydrogen (secondary N) is 1. The molecule has 98 valence electrons. The molecule has 0 unspecified atom stereocenters. The van der Waals surface area contributed by atoms with Crippen LogP contribution in [0.2, 0.25) is 0 Å². The van der Waals surface area contributed by atoms with Gasteiger partial charge in [-0.3, -0.25) is 0 Å². The molecule has 2 heterocycles. The van der Waals surface area contributed by atoms with Crippen LogP contribution in [0.5, 0.6) is 0 Å². The van der Waals surface area contributed by atoms with Gasteiger partial charge in [0.2, 0.25) is 0 Å². The molecule has 0 spiro atoms. The summed E-state index contributed by atoms with van der Waals surface area (Å²) in [4.78, 5) is 15.9. The lowest BCUT2D eigenvalue weighted by molar-refractivity contribution is 0.0865. The quantitative estimate of drug-likeness (QED) is 0.685. The van der Waals surface area contributed by atoms with E-state index in [1.54, 1.807) is 11.9 Å². The van der Waals surface area contributed by atoms with Crippen molar-refractivity contribution >= 4 is 6.03 Å². The molecule has 2 fully saturated rings. The predicted octanol–water partition coefficient (Wildman–Crippen LogP) is 0.103. The molecule has 0 bridgehead atoms. The largest absolute Gasteiger partial charge is 0.390 e. The van der Waals surface area contributed by atoms with Gasteiger partial charge in [0.25, 0.3) is 0 Å². The summed E-state index contributed by atoms with van der Waals surface area (Å²) in [5.74, 6) is 0.725. The summed E-state index contributed by atoms with van der Waals surface area (Å²) in [6.07, 6.45) is 1.74. The number of piperidine rings is 1. The number of urea groups is 1. The first-order chi connectivity index (χ1) is 8.09. The first-order valence-electron chi connectivity index (χ1n) is 6.50. The zero-order valence-electron chi connectivity index (χ0n) is 10.7. The van der Waals surface area contributed by atoms with Gasteiger partial charge in [-0.15, -0.1) is 0 Å². The van der Waals surface area contributed by atoms with E-state index in [1.165, 1.54) is 0 Å². The molecule has 2 rings (SSSR count). The van der Waals surface area contributed by atoms with Crippen molar-refractivity contribution in [2.45, 2.75) is 31.9 Å². The monoisotopic (exact) mass is 241 g/mol. The molecule has 0 radical (unpaired) electrons. The Kier molecular flexibility index (Phi) is 3.89. The van der Waals surface area contributed by atoms with Crippen LogP contribution in [0.25, 0.3) is 0 Å². The fourth-order valence-corrected chi connectivity index (χ4v) is 2.61. The van der Waals surface area contributed by atoms with Crippen LogP contribution in [0.15, 0.2) is 0 Å². The standard InChI is InChI=1S/C12H23N3O2/c1-9-3-5-15(6-4-9)12(17)14(2)10-7-13-8-11(10)16/h9-11,13,16H,3-8H2,1-2H3/t10-,11-/m1/s1. The Hall–Kier alpha value is -0.810. The normalized spacial score (nSPS) is 30.6. The Morgan fingerprint density at radius 2 is 2.00 bits per heavy atom. The maximum Gasteiger partial charge on any atom is 0.320 e. The zero-order valence-corrected chi connectivity index (χ0v) is 10.7. The third-order valence-corrected chi connectivity index (χ3v) is 4.00. The van der Waals surface area contributed by atoms with E-state index in [4.69, 9.17) is 0 Å². The maximum atomic E-state index is 12.3. The van der Waals surface area contributed by atoms with Gasteiger partial charge in [0.1, 0.15) is 0 Å². The highest BCUT2D eigenvalue weighted by Gasteiger charge is 2.33. The lowest BCUT2D eigenvalue weighted by Crippen LogP contribution is -2.51. The van der Waals surface area contributed by atoms with E-state index >= 15 is 0 Å². The molecule has 0 saturated carbocycles. The molecule has 2 atom stereocenters. The Bertz CT molecular complexity index is 277. The molecule has 5 heteroatoms. The smallest absolute Gasteiger partial charge is 0.320 e. The molecule has 0 aliphatic carbocycles. The van der Waals surface area contributed by atoms with Crippen LogP contribution in [-0.2, 0) is 0 Å². The number of likely N-dealkylation sites (tertiary alicyclic amines) is 1. The number of amides is 2. The molecule has 17 heavy (non-hydrogen) atoms. The summed E-state index contributed by atoms with van der Waals surface area (Å²) < 4.78 is 0. The Balaban J connectivity index is 1.90. The average molecular weight is 241 g/mol. The van der Waals surface area contributed by atoms with E-state index in [2.05, 4.69) is 12.2 Å². The molecule has 2 aliphatic rings. The summed E-state index contributed by atoms with van der Waals surface area (Å²) in [5, 5.41) is 12.9. The first-order valence-corrected chi connectivity index (χ1v) is 6.50. The zero-order chi connectivity index (χ0) is 12.4. The van der Waals surface area contributed by atoms with Gasteiger partial charge in [-0.05, 0) is 18.8 Å². The van der Waals surface area contributed by atoms with E-state index in [0.717, 1.165) is 31.8 Å². The molecule has 2 saturated heterocycles. The van der Waals surface area contributed by atoms with E-state index in [0.29, 0.717) is 13.1 Å². The van der Waals surface area contributed by atoms with E-state index < -0.39 is 6.10 Å². The molecular weight excluding hydrogens is 218 g/mol. The minimum atomic E-state index is -0.437. The highest BCUT2D eigenvalue weighted by atomic mass is 16.3. The lowest BCUT2D eigenvalue weighted by atomic mass is 9.99. The summed E-state index contributed by atoms with van der Waals surface area (Å²) >= 11 is 0. The van der Waals surface area contributed by atoms with Crippen molar-refractivity contribution in [3.8, 4) is 0 Å². The number of hydrogen-bond donors (Lipinski definition) is 2. The number of carbonyl (C=O) groups is 1. The van der Waals surface area contributed by atoms with Crippen LogP contribution in [0.1, 0.15) is 19.8 Å². The summed E-state index contributed by atoms with van der Waals surface area (Å²) in [7, 11) is 1.79.